The molecule has 0 spiro atoms. The summed E-state index contributed by atoms with van der Waals surface area (Å²) in [4.78, 5) is 16.7. The van der Waals surface area contributed by atoms with Crippen molar-refractivity contribution in [2.75, 3.05) is 13.3 Å². The summed E-state index contributed by atoms with van der Waals surface area (Å²) in [6.45, 7) is 0.580. The molecule has 0 saturated carbocycles. The normalized spacial score (nSPS) is 13.1. The van der Waals surface area contributed by atoms with E-state index in [0.717, 1.165) is 17.4 Å². The van der Waals surface area contributed by atoms with E-state index in [1.165, 1.54) is 29.2 Å². The summed E-state index contributed by atoms with van der Waals surface area (Å²) < 4.78 is 18.4. The lowest BCUT2D eigenvalue weighted by Gasteiger charge is -2.03. The van der Waals surface area contributed by atoms with E-state index in [-0.39, 0.29) is 12.5 Å². The largest absolute Gasteiger partial charge is 0.454 e. The highest BCUT2D eigenvalue weighted by atomic mass is 32.1. The fraction of sp³-hybridized carbons (Fsp3) is 0.111. The average molecular weight is 513 g/mol. The van der Waals surface area contributed by atoms with E-state index in [0.29, 0.717) is 39.9 Å². The van der Waals surface area contributed by atoms with Crippen molar-refractivity contribution in [2.45, 2.75) is 6.42 Å². The number of benzene rings is 3. The molecule has 37 heavy (non-hydrogen) atoms. The highest BCUT2D eigenvalue weighted by Gasteiger charge is 2.23. The van der Waals surface area contributed by atoms with Gasteiger partial charge in [-0.15, -0.1) is 11.3 Å². The van der Waals surface area contributed by atoms with Crippen LogP contribution in [0, 0.1) is 10.1 Å². The Labute approximate surface area is 214 Å². The molecule has 0 amide bonds. The Morgan fingerprint density at radius 3 is 2.62 bits per heavy atom. The van der Waals surface area contributed by atoms with Gasteiger partial charge in [-0.3, -0.25) is 15.1 Å². The van der Waals surface area contributed by atoms with E-state index in [1.54, 1.807) is 10.7 Å². The standard InChI is InChI=1S/C27H20N4O5S/c32-31(33)21-14-26-25(34-17-35-26)13-20(21)15-29-30-22(24-12-19-8-4-5-9-23(19)36-24)16-37-27(30)28-11-10-18-6-2-1-3-7-18/h1-9,12-16H,10-11,17H2. The second-order valence-electron chi connectivity index (χ2n) is 8.25. The molecule has 5 aromatic rings. The number of nitro benzene ring substituents is 1. The summed E-state index contributed by atoms with van der Waals surface area (Å²) in [6.07, 6.45) is 2.21. The summed E-state index contributed by atoms with van der Waals surface area (Å²) in [6, 6.07) is 22.7. The average Bonchev–Trinajstić information content (AvgIpc) is 3.65. The molecule has 0 aliphatic carbocycles. The molecule has 3 aromatic carbocycles. The molecule has 0 fully saturated rings. The summed E-state index contributed by atoms with van der Waals surface area (Å²) in [5.74, 6) is 1.40. The van der Waals surface area contributed by atoms with Crippen molar-refractivity contribution >= 4 is 34.2 Å². The predicted octanol–water partition coefficient (Wildman–Crippen LogP) is 5.63. The van der Waals surface area contributed by atoms with Crippen molar-refractivity contribution in [3.05, 3.63) is 104 Å². The molecular weight excluding hydrogens is 492 g/mol. The van der Waals surface area contributed by atoms with Crippen LogP contribution < -0.4 is 14.3 Å². The molecule has 9 nitrogen and oxygen atoms in total. The van der Waals surface area contributed by atoms with Crippen molar-refractivity contribution in [3.63, 3.8) is 0 Å². The molecule has 0 radical (unpaired) electrons. The van der Waals surface area contributed by atoms with Gasteiger partial charge in [0, 0.05) is 17.3 Å². The van der Waals surface area contributed by atoms with E-state index in [4.69, 9.17) is 18.9 Å². The Kier molecular flexibility index (Phi) is 5.99. The van der Waals surface area contributed by atoms with E-state index >= 15 is 0 Å². The smallest absolute Gasteiger partial charge is 0.282 e. The summed E-state index contributed by atoms with van der Waals surface area (Å²) in [5.41, 5.74) is 2.80. The maximum atomic E-state index is 11.7. The summed E-state index contributed by atoms with van der Waals surface area (Å²) in [7, 11) is 0. The van der Waals surface area contributed by atoms with E-state index < -0.39 is 4.92 Å². The first kappa shape index (κ1) is 22.7. The molecular formula is C27H20N4O5S. The van der Waals surface area contributed by atoms with Crippen LogP contribution in [0.1, 0.15) is 11.1 Å². The molecule has 3 heterocycles. The van der Waals surface area contributed by atoms with Gasteiger partial charge in [0.15, 0.2) is 17.3 Å². The topological polar surface area (TPSA) is 104 Å². The zero-order valence-electron chi connectivity index (χ0n) is 19.4. The zero-order chi connectivity index (χ0) is 25.2. The monoisotopic (exact) mass is 512 g/mol. The van der Waals surface area contributed by atoms with Crippen molar-refractivity contribution in [2.24, 2.45) is 10.1 Å². The quantitative estimate of drug-likeness (QED) is 0.160. The van der Waals surface area contributed by atoms with Crippen LogP contribution in [0.15, 0.2) is 92.7 Å². The third kappa shape index (κ3) is 4.62. The Morgan fingerprint density at radius 2 is 1.81 bits per heavy atom. The van der Waals surface area contributed by atoms with Crippen LogP contribution in [0.3, 0.4) is 0 Å². The lowest BCUT2D eigenvalue weighted by Crippen LogP contribution is -2.13. The van der Waals surface area contributed by atoms with E-state index in [1.807, 2.05) is 53.9 Å². The number of aromatic nitrogens is 1. The van der Waals surface area contributed by atoms with Gasteiger partial charge in [0.25, 0.3) is 5.69 Å². The number of ether oxygens (including phenoxy) is 2. The van der Waals surface area contributed by atoms with Gasteiger partial charge < -0.3 is 13.9 Å². The summed E-state index contributed by atoms with van der Waals surface area (Å²) in [5, 5.41) is 19.2. The van der Waals surface area contributed by atoms with Gasteiger partial charge >= 0.3 is 0 Å². The first-order chi connectivity index (χ1) is 18.2. The van der Waals surface area contributed by atoms with Crippen molar-refractivity contribution < 1.29 is 18.8 Å². The first-order valence-corrected chi connectivity index (χ1v) is 12.4. The molecule has 1 aliphatic heterocycles. The Hall–Kier alpha value is -4.70. The first-order valence-electron chi connectivity index (χ1n) is 11.5. The lowest BCUT2D eigenvalue weighted by molar-refractivity contribution is -0.385. The van der Waals surface area contributed by atoms with Crippen LogP contribution in [0.25, 0.3) is 22.4 Å². The van der Waals surface area contributed by atoms with Gasteiger partial charge in [-0.1, -0.05) is 48.5 Å². The molecule has 0 bridgehead atoms. The van der Waals surface area contributed by atoms with Crippen molar-refractivity contribution in [3.8, 4) is 23.0 Å². The zero-order valence-corrected chi connectivity index (χ0v) is 20.3. The highest BCUT2D eigenvalue weighted by Crippen LogP contribution is 2.37. The Bertz CT molecular complexity index is 1670. The van der Waals surface area contributed by atoms with Crippen LogP contribution in [-0.2, 0) is 6.42 Å². The molecule has 0 unspecified atom stereocenters. The van der Waals surface area contributed by atoms with Gasteiger partial charge in [0.2, 0.25) is 11.6 Å². The summed E-state index contributed by atoms with van der Waals surface area (Å²) >= 11 is 1.43. The maximum Gasteiger partial charge on any atom is 0.282 e. The van der Waals surface area contributed by atoms with Crippen LogP contribution >= 0.6 is 11.3 Å². The lowest BCUT2D eigenvalue weighted by atomic mass is 10.1. The van der Waals surface area contributed by atoms with Gasteiger partial charge in [0.05, 0.1) is 22.8 Å². The number of hydrogen-bond acceptors (Lipinski definition) is 8. The molecule has 2 aromatic heterocycles. The fourth-order valence-corrected chi connectivity index (χ4v) is 4.90. The maximum absolute atomic E-state index is 11.7. The second-order valence-corrected chi connectivity index (χ2v) is 9.08. The molecule has 0 saturated heterocycles. The number of para-hydroxylation sites is 1. The van der Waals surface area contributed by atoms with Crippen LogP contribution in [0.2, 0.25) is 0 Å². The van der Waals surface area contributed by atoms with Gasteiger partial charge in [-0.2, -0.15) is 5.10 Å². The number of thiazole rings is 1. The minimum atomic E-state index is -0.465. The fourth-order valence-electron chi connectivity index (χ4n) is 4.05. The third-order valence-electron chi connectivity index (χ3n) is 5.88. The highest BCUT2D eigenvalue weighted by molar-refractivity contribution is 7.07. The minimum absolute atomic E-state index is 0.0208. The number of rotatable bonds is 7. The Morgan fingerprint density at radius 1 is 1.03 bits per heavy atom. The molecule has 6 rings (SSSR count). The second kappa shape index (κ2) is 9.75. The minimum Gasteiger partial charge on any atom is -0.454 e. The molecule has 0 N–H and O–H groups in total. The van der Waals surface area contributed by atoms with Crippen LogP contribution in [0.5, 0.6) is 11.5 Å². The third-order valence-corrected chi connectivity index (χ3v) is 6.74. The van der Waals surface area contributed by atoms with E-state index in [9.17, 15) is 10.1 Å². The number of hydrogen-bond donors (Lipinski definition) is 0. The molecule has 10 heteroatoms. The molecule has 184 valence electrons. The van der Waals surface area contributed by atoms with E-state index in [2.05, 4.69) is 17.2 Å². The SMILES string of the molecule is O=[N+]([O-])c1cc2c(cc1C=Nn1c(-c3cc4ccccc4o3)csc1=NCCc1ccccc1)OCO2. The Balaban J connectivity index is 1.42. The van der Waals surface area contributed by atoms with Crippen molar-refractivity contribution in [1.29, 1.82) is 0 Å². The van der Waals surface area contributed by atoms with Crippen LogP contribution in [0.4, 0.5) is 5.69 Å². The molecule has 0 atom stereocenters. The van der Waals surface area contributed by atoms with Gasteiger partial charge in [-0.25, -0.2) is 4.68 Å². The van der Waals surface area contributed by atoms with Gasteiger partial charge in [0.1, 0.15) is 11.3 Å². The number of fused-ring (bicyclic) bond motifs is 2. The molecule has 1 aliphatic rings. The van der Waals surface area contributed by atoms with Gasteiger partial charge in [-0.05, 0) is 30.2 Å². The number of furan rings is 1. The van der Waals surface area contributed by atoms with Crippen LogP contribution in [-0.4, -0.2) is 29.2 Å². The number of nitro groups is 1. The predicted molar refractivity (Wildman–Crippen MR) is 140 cm³/mol. The van der Waals surface area contributed by atoms with Crippen molar-refractivity contribution in [1.82, 2.24) is 4.68 Å². The number of nitrogens with zero attached hydrogens (tertiary/aromatic N) is 4.